The summed E-state index contributed by atoms with van der Waals surface area (Å²) in [6, 6.07) is 7.44. The first-order valence-electron chi connectivity index (χ1n) is 7.97. The van der Waals surface area contributed by atoms with E-state index in [9.17, 15) is 26.8 Å². The molecule has 2 aromatic carbocycles. The van der Waals surface area contributed by atoms with E-state index in [2.05, 4.69) is 0 Å². The Balaban J connectivity index is 1.78. The normalized spacial score (nSPS) is 16.6. The smallest absolute Gasteiger partial charge is 0.338 e. The monoisotopic (exact) mass is 425 g/mol. The number of carbonyl (C=O) groups is 2. The van der Waals surface area contributed by atoms with E-state index in [1.165, 1.54) is 12.1 Å². The van der Waals surface area contributed by atoms with Crippen LogP contribution in [-0.4, -0.2) is 25.3 Å². The largest absolute Gasteiger partial charge is 0.478 e. The van der Waals surface area contributed by atoms with Crippen LogP contribution in [0, 0.1) is 11.6 Å². The van der Waals surface area contributed by atoms with Crippen LogP contribution in [0.25, 0.3) is 0 Å². The molecule has 0 radical (unpaired) electrons. The molecule has 0 saturated carbocycles. The van der Waals surface area contributed by atoms with Crippen LogP contribution in [-0.2, 0) is 29.6 Å². The summed E-state index contributed by atoms with van der Waals surface area (Å²) >= 11 is 0. The Bertz CT molecular complexity index is 1130. The van der Waals surface area contributed by atoms with Gasteiger partial charge in [-0.15, -0.1) is 0 Å². The van der Waals surface area contributed by atoms with Crippen molar-refractivity contribution in [2.75, 3.05) is 0 Å². The number of hydrogen-bond acceptors (Lipinski definition) is 7. The van der Waals surface area contributed by atoms with Crippen LogP contribution in [0.5, 0.6) is 0 Å². The summed E-state index contributed by atoms with van der Waals surface area (Å²) in [5, 5.41) is 8.85. The third-order valence-corrected chi connectivity index (χ3v) is 5.03. The molecule has 152 valence electrons. The summed E-state index contributed by atoms with van der Waals surface area (Å²) in [4.78, 5) is 23.4. The molecule has 29 heavy (non-hydrogen) atoms. The first kappa shape index (κ1) is 20.3. The molecule has 0 amide bonds. The van der Waals surface area contributed by atoms with E-state index in [1.54, 1.807) is 0 Å². The van der Waals surface area contributed by atoms with Gasteiger partial charge in [0.15, 0.2) is 6.10 Å². The molecule has 1 heterocycles. The molecule has 0 spiro atoms. The first-order valence-corrected chi connectivity index (χ1v) is 9.55. The van der Waals surface area contributed by atoms with Crippen LogP contribution >= 0.6 is 0 Å². The lowest BCUT2D eigenvalue weighted by Crippen LogP contribution is -2.16. The molecule has 11 heteroatoms. The van der Waals surface area contributed by atoms with Crippen molar-refractivity contribution in [1.29, 1.82) is 0 Å². The van der Waals surface area contributed by atoms with E-state index in [1.807, 2.05) is 0 Å². The predicted octanol–water partition coefficient (Wildman–Crippen LogP) is 1.98. The highest BCUT2D eigenvalue weighted by molar-refractivity contribution is 7.86. The number of benzene rings is 2. The third kappa shape index (κ3) is 4.35. The second kappa shape index (κ2) is 7.51. The molecule has 1 aliphatic rings. The first-order chi connectivity index (χ1) is 13.6. The van der Waals surface area contributed by atoms with Gasteiger partial charge in [-0.1, -0.05) is 18.2 Å². The third-order valence-electron chi connectivity index (χ3n) is 3.92. The standard InChI is InChI=1S/C18H13F2NO7S/c19-11-4-1-9(2-5-11)8-29(25,26)28-16-14(22)15(27-17(16)21)10-3-6-12(18(23)24)13(20)7-10/h1-7,15H,8,21H2,(H,23,24). The topological polar surface area (TPSA) is 133 Å². The van der Waals surface area contributed by atoms with Gasteiger partial charge >= 0.3 is 16.1 Å². The zero-order valence-corrected chi connectivity index (χ0v) is 15.3. The lowest BCUT2D eigenvalue weighted by Gasteiger charge is -2.11. The molecular formula is C18H13F2NO7S. The van der Waals surface area contributed by atoms with Crippen molar-refractivity contribution in [3.8, 4) is 0 Å². The van der Waals surface area contributed by atoms with E-state index in [-0.39, 0.29) is 11.1 Å². The van der Waals surface area contributed by atoms with Gasteiger partial charge in [0, 0.05) is 5.56 Å². The Morgan fingerprint density at radius 2 is 1.83 bits per heavy atom. The van der Waals surface area contributed by atoms with Gasteiger partial charge in [0.2, 0.25) is 17.4 Å². The van der Waals surface area contributed by atoms with Gasteiger partial charge in [0.05, 0.1) is 5.56 Å². The van der Waals surface area contributed by atoms with Crippen molar-refractivity contribution < 1.29 is 40.8 Å². The molecule has 8 nitrogen and oxygen atoms in total. The fourth-order valence-electron chi connectivity index (χ4n) is 2.59. The van der Waals surface area contributed by atoms with Gasteiger partial charge < -0.3 is 19.8 Å². The Morgan fingerprint density at radius 3 is 2.41 bits per heavy atom. The molecule has 1 atom stereocenters. The average Bonchev–Trinajstić information content (AvgIpc) is 2.91. The number of halogens is 2. The van der Waals surface area contributed by atoms with Gasteiger partial charge in [-0.3, -0.25) is 4.79 Å². The lowest BCUT2D eigenvalue weighted by molar-refractivity contribution is -0.123. The highest BCUT2D eigenvalue weighted by atomic mass is 32.2. The highest BCUT2D eigenvalue weighted by Crippen LogP contribution is 2.33. The molecule has 0 bridgehead atoms. The van der Waals surface area contributed by atoms with Gasteiger partial charge in [0.1, 0.15) is 17.4 Å². The summed E-state index contributed by atoms with van der Waals surface area (Å²) < 4.78 is 61.1. The molecule has 0 fully saturated rings. The number of Topliss-reactive ketones (excluding diaryl/α,β-unsaturated/α-hetero) is 1. The van der Waals surface area contributed by atoms with Crippen LogP contribution in [0.2, 0.25) is 0 Å². The summed E-state index contributed by atoms with van der Waals surface area (Å²) in [6.07, 6.45) is -1.50. The number of nitrogens with two attached hydrogens (primary N) is 1. The quantitative estimate of drug-likeness (QED) is 0.672. The molecule has 0 aliphatic carbocycles. The molecule has 0 saturated heterocycles. The van der Waals surface area contributed by atoms with Crippen molar-refractivity contribution in [3.05, 3.63) is 82.4 Å². The van der Waals surface area contributed by atoms with Crippen LogP contribution in [0.1, 0.15) is 27.6 Å². The minimum absolute atomic E-state index is 0.0741. The zero-order chi connectivity index (χ0) is 21.3. The molecular weight excluding hydrogens is 412 g/mol. The fourth-order valence-corrected chi connectivity index (χ4v) is 3.66. The van der Waals surface area contributed by atoms with E-state index in [0.29, 0.717) is 0 Å². The van der Waals surface area contributed by atoms with Crippen molar-refractivity contribution in [1.82, 2.24) is 0 Å². The van der Waals surface area contributed by atoms with Crippen LogP contribution in [0.4, 0.5) is 8.78 Å². The molecule has 3 rings (SSSR count). The maximum atomic E-state index is 13.9. The maximum Gasteiger partial charge on any atom is 0.338 e. The summed E-state index contributed by atoms with van der Waals surface area (Å²) in [5.41, 5.74) is 5.06. The Labute approximate surface area is 163 Å². The number of ether oxygens (including phenoxy) is 1. The second-order valence-corrected chi connectivity index (χ2v) is 7.58. The molecule has 2 aromatic rings. The SMILES string of the molecule is NC1=C(OS(=O)(=O)Cc2ccc(F)cc2)C(=O)C(c2ccc(C(=O)O)c(F)c2)O1. The second-order valence-electron chi connectivity index (χ2n) is 6.01. The Hall–Kier alpha value is -3.47. The van der Waals surface area contributed by atoms with Gasteiger partial charge in [-0.2, -0.15) is 8.42 Å². The van der Waals surface area contributed by atoms with Crippen molar-refractivity contribution in [3.63, 3.8) is 0 Å². The number of carboxylic acid groups (broad SMARTS) is 1. The Morgan fingerprint density at radius 1 is 1.17 bits per heavy atom. The van der Waals surface area contributed by atoms with Crippen LogP contribution in [0.15, 0.2) is 54.1 Å². The minimum atomic E-state index is -4.34. The summed E-state index contributed by atoms with van der Waals surface area (Å²) in [6.45, 7) is 0. The zero-order valence-electron chi connectivity index (χ0n) is 14.5. The highest BCUT2D eigenvalue weighted by Gasteiger charge is 2.40. The fraction of sp³-hybridized carbons (Fsp3) is 0.111. The minimum Gasteiger partial charge on any atom is -0.478 e. The number of rotatable bonds is 6. The van der Waals surface area contributed by atoms with E-state index in [4.69, 9.17) is 19.8 Å². The van der Waals surface area contributed by atoms with Crippen LogP contribution < -0.4 is 5.73 Å². The maximum absolute atomic E-state index is 13.9. The number of carbonyl (C=O) groups excluding carboxylic acids is 1. The summed E-state index contributed by atoms with van der Waals surface area (Å²) in [5.74, 6) is -6.20. The molecule has 3 N–H and O–H groups in total. The number of hydrogen-bond donors (Lipinski definition) is 2. The number of ketones is 1. The van der Waals surface area contributed by atoms with Crippen LogP contribution in [0.3, 0.4) is 0 Å². The van der Waals surface area contributed by atoms with Gasteiger partial charge in [0.25, 0.3) is 0 Å². The van der Waals surface area contributed by atoms with E-state index in [0.717, 1.165) is 30.3 Å². The lowest BCUT2D eigenvalue weighted by atomic mass is 10.0. The van der Waals surface area contributed by atoms with Gasteiger partial charge in [-0.05, 0) is 29.8 Å². The molecule has 1 aliphatic heterocycles. The van der Waals surface area contributed by atoms with Crippen molar-refractivity contribution >= 4 is 21.9 Å². The van der Waals surface area contributed by atoms with E-state index >= 15 is 0 Å². The average molecular weight is 425 g/mol. The molecule has 1 unspecified atom stereocenters. The Kier molecular flexibility index (Phi) is 5.25. The van der Waals surface area contributed by atoms with Crippen molar-refractivity contribution in [2.24, 2.45) is 5.73 Å². The van der Waals surface area contributed by atoms with E-state index < -0.39 is 62.6 Å². The predicted molar refractivity (Wildman–Crippen MR) is 93.5 cm³/mol. The number of carboxylic acids is 1. The molecule has 0 aromatic heterocycles. The van der Waals surface area contributed by atoms with Crippen molar-refractivity contribution in [2.45, 2.75) is 11.9 Å². The number of aromatic carboxylic acids is 1. The summed E-state index contributed by atoms with van der Waals surface area (Å²) in [7, 11) is -4.34. The van der Waals surface area contributed by atoms with Gasteiger partial charge in [-0.25, -0.2) is 13.6 Å².